The van der Waals surface area contributed by atoms with Crippen LogP contribution in [0.3, 0.4) is 0 Å². The van der Waals surface area contributed by atoms with Gasteiger partial charge in [-0.25, -0.2) is 4.39 Å². The Hall–Kier alpha value is -2.22. The molecule has 3 aromatic rings. The van der Waals surface area contributed by atoms with Gasteiger partial charge in [0.05, 0.1) is 17.6 Å². The molecule has 188 valence electrons. The Labute approximate surface area is 214 Å². The number of halogens is 2. The molecule has 1 aromatic carbocycles. The summed E-state index contributed by atoms with van der Waals surface area (Å²) >= 11 is 7.88. The Morgan fingerprint density at radius 2 is 2.20 bits per heavy atom. The van der Waals surface area contributed by atoms with Crippen LogP contribution in [0.15, 0.2) is 41.9 Å². The number of aryl methyl sites for hydroxylation is 1. The number of hydrogen-bond acceptors (Lipinski definition) is 5. The van der Waals surface area contributed by atoms with Gasteiger partial charge < -0.3 is 14.7 Å². The van der Waals surface area contributed by atoms with E-state index in [1.165, 1.54) is 4.88 Å². The van der Waals surface area contributed by atoms with Crippen LogP contribution in [0.5, 0.6) is 5.75 Å². The smallest absolute Gasteiger partial charge is 0.303 e. The number of carboxylic acids is 1. The lowest BCUT2D eigenvalue weighted by atomic mass is 9.79. The van der Waals surface area contributed by atoms with E-state index in [1.54, 1.807) is 30.7 Å². The van der Waals surface area contributed by atoms with Crippen LogP contribution in [0.4, 0.5) is 4.39 Å². The number of hydrogen-bond donors (Lipinski definition) is 1. The highest BCUT2D eigenvalue weighted by atomic mass is 35.5. The highest BCUT2D eigenvalue weighted by Crippen LogP contribution is 2.36. The minimum absolute atomic E-state index is 0.0352. The van der Waals surface area contributed by atoms with Crippen molar-refractivity contribution in [3.05, 3.63) is 57.4 Å². The van der Waals surface area contributed by atoms with Crippen LogP contribution >= 0.6 is 22.9 Å². The third-order valence-electron chi connectivity index (χ3n) is 7.09. The van der Waals surface area contributed by atoms with Crippen LogP contribution in [-0.4, -0.2) is 47.7 Å². The number of nitrogens with zero attached hydrogens (tertiary/aromatic N) is 2. The van der Waals surface area contributed by atoms with E-state index in [0.29, 0.717) is 24.2 Å². The highest BCUT2D eigenvalue weighted by molar-refractivity contribution is 7.10. The van der Waals surface area contributed by atoms with Crippen LogP contribution in [0, 0.1) is 11.8 Å². The molecule has 4 rings (SSSR count). The summed E-state index contributed by atoms with van der Waals surface area (Å²) in [5.41, 5.74) is 1.36. The van der Waals surface area contributed by atoms with Gasteiger partial charge in [-0.15, -0.1) is 11.3 Å². The number of carbonyl (C=O) groups is 1. The van der Waals surface area contributed by atoms with Gasteiger partial charge in [0.1, 0.15) is 11.9 Å². The van der Waals surface area contributed by atoms with E-state index in [-0.39, 0.29) is 18.3 Å². The number of likely N-dealkylation sites (tertiary alicyclic amines) is 1. The molecule has 35 heavy (non-hydrogen) atoms. The van der Waals surface area contributed by atoms with Crippen molar-refractivity contribution in [3.63, 3.8) is 0 Å². The quantitative estimate of drug-likeness (QED) is 0.302. The SMILES string of the molecule is COc1ccc2nccc(C(F)CC[C@@H]3CCN(CCCc4sccc4Cl)C[C@@H]3CC(=O)O)c2c1. The van der Waals surface area contributed by atoms with Crippen molar-refractivity contribution < 1.29 is 19.0 Å². The Morgan fingerprint density at radius 1 is 1.34 bits per heavy atom. The third-order valence-corrected chi connectivity index (χ3v) is 8.54. The van der Waals surface area contributed by atoms with Crippen LogP contribution in [0.1, 0.15) is 48.7 Å². The molecule has 2 aromatic heterocycles. The Morgan fingerprint density at radius 3 is 2.94 bits per heavy atom. The van der Waals surface area contributed by atoms with Crippen molar-refractivity contribution in [2.75, 3.05) is 26.7 Å². The predicted octanol–water partition coefficient (Wildman–Crippen LogP) is 6.79. The second kappa shape index (κ2) is 12.2. The molecular formula is C27H32ClFN2O3S. The second-order valence-corrected chi connectivity index (χ2v) is 10.7. The summed E-state index contributed by atoms with van der Waals surface area (Å²) in [5, 5.41) is 13.1. The molecule has 1 aliphatic rings. The zero-order valence-electron chi connectivity index (χ0n) is 20.0. The number of alkyl halides is 1. The van der Waals surface area contributed by atoms with Gasteiger partial charge in [-0.1, -0.05) is 11.6 Å². The van der Waals surface area contributed by atoms with E-state index in [9.17, 15) is 9.90 Å². The molecule has 0 saturated carbocycles. The standard InChI is InChI=1S/C27H32ClFN2O3S/c1-34-20-5-7-25-22(16-20)21(8-11-30-25)24(29)6-4-18-9-13-31(17-19(18)15-27(32)33)12-2-3-26-23(28)10-14-35-26/h5,7-8,10-11,14,16,18-19,24H,2-4,6,9,12-13,15,17H2,1H3,(H,32,33)/t18-,19+,24?/m1/s1. The maximum atomic E-state index is 15.5. The molecule has 1 saturated heterocycles. The average molecular weight is 519 g/mol. The van der Waals surface area contributed by atoms with Crippen molar-refractivity contribution in [1.82, 2.24) is 9.88 Å². The first kappa shape index (κ1) is 25.9. The minimum atomic E-state index is -1.13. The molecule has 1 fully saturated rings. The fraction of sp³-hybridized carbons (Fsp3) is 0.481. The van der Waals surface area contributed by atoms with Crippen molar-refractivity contribution in [1.29, 1.82) is 0 Å². The molecule has 0 radical (unpaired) electrons. The molecular weight excluding hydrogens is 487 g/mol. The lowest BCUT2D eigenvalue weighted by Gasteiger charge is -2.38. The van der Waals surface area contributed by atoms with Crippen molar-refractivity contribution in [3.8, 4) is 5.75 Å². The van der Waals surface area contributed by atoms with Crippen LogP contribution in [-0.2, 0) is 11.2 Å². The number of aromatic nitrogens is 1. The number of fused-ring (bicyclic) bond motifs is 1. The van der Waals surface area contributed by atoms with Crippen molar-refractivity contribution >= 4 is 39.8 Å². The number of rotatable bonds is 11. The number of carboxylic acid groups (broad SMARTS) is 1. The number of aliphatic carboxylic acids is 1. The Kier molecular flexibility index (Phi) is 8.98. The van der Waals surface area contributed by atoms with Gasteiger partial charge in [-0.2, -0.15) is 0 Å². The number of piperidine rings is 1. The van der Waals surface area contributed by atoms with E-state index < -0.39 is 12.1 Å². The fourth-order valence-electron chi connectivity index (χ4n) is 5.22. The summed E-state index contributed by atoms with van der Waals surface area (Å²) in [7, 11) is 1.59. The van der Waals surface area contributed by atoms with Crippen molar-refractivity contribution in [2.45, 2.75) is 44.7 Å². The fourth-order valence-corrected chi connectivity index (χ4v) is 6.40. The van der Waals surface area contributed by atoms with Crippen LogP contribution in [0.2, 0.25) is 5.02 Å². The number of ether oxygens (including phenoxy) is 1. The van der Waals surface area contributed by atoms with Gasteiger partial charge in [0.15, 0.2) is 0 Å². The minimum Gasteiger partial charge on any atom is -0.497 e. The number of benzene rings is 1. The molecule has 0 bridgehead atoms. The summed E-state index contributed by atoms with van der Waals surface area (Å²) in [6, 6.07) is 9.17. The topological polar surface area (TPSA) is 62.7 Å². The summed E-state index contributed by atoms with van der Waals surface area (Å²) < 4.78 is 20.8. The van der Waals surface area contributed by atoms with Gasteiger partial charge in [-0.3, -0.25) is 9.78 Å². The largest absolute Gasteiger partial charge is 0.497 e. The molecule has 3 heterocycles. The summed E-state index contributed by atoms with van der Waals surface area (Å²) in [4.78, 5) is 19.5. The summed E-state index contributed by atoms with van der Waals surface area (Å²) in [6.45, 7) is 2.60. The lowest BCUT2D eigenvalue weighted by molar-refractivity contribution is -0.139. The Balaban J connectivity index is 1.35. The zero-order valence-corrected chi connectivity index (χ0v) is 21.5. The Bertz CT molecular complexity index is 1140. The first-order chi connectivity index (χ1) is 16.9. The van der Waals surface area contributed by atoms with Crippen LogP contribution < -0.4 is 4.74 Å². The molecule has 8 heteroatoms. The number of pyridine rings is 1. The molecule has 1 N–H and O–H groups in total. The molecule has 0 spiro atoms. The van der Waals surface area contributed by atoms with E-state index in [2.05, 4.69) is 9.88 Å². The number of methoxy groups -OCH3 is 1. The number of thiophene rings is 1. The van der Waals surface area contributed by atoms with Crippen molar-refractivity contribution in [2.24, 2.45) is 11.8 Å². The van der Waals surface area contributed by atoms with E-state index in [4.69, 9.17) is 16.3 Å². The van der Waals surface area contributed by atoms with Gasteiger partial charge in [0.25, 0.3) is 0 Å². The molecule has 1 aliphatic heterocycles. The zero-order chi connectivity index (χ0) is 24.8. The predicted molar refractivity (Wildman–Crippen MR) is 139 cm³/mol. The maximum absolute atomic E-state index is 15.5. The first-order valence-corrected chi connectivity index (χ1v) is 13.4. The lowest BCUT2D eigenvalue weighted by Crippen LogP contribution is -2.42. The second-order valence-electron chi connectivity index (χ2n) is 9.33. The summed E-state index contributed by atoms with van der Waals surface area (Å²) in [5.74, 6) is 0.133. The van der Waals surface area contributed by atoms with E-state index >= 15 is 4.39 Å². The summed E-state index contributed by atoms with van der Waals surface area (Å²) in [6.07, 6.45) is 4.52. The van der Waals surface area contributed by atoms with Crippen LogP contribution in [0.25, 0.3) is 10.9 Å². The third kappa shape index (κ3) is 6.72. The van der Waals surface area contributed by atoms with E-state index in [1.807, 2.05) is 29.6 Å². The monoisotopic (exact) mass is 518 g/mol. The molecule has 5 nitrogen and oxygen atoms in total. The highest BCUT2D eigenvalue weighted by Gasteiger charge is 2.31. The average Bonchev–Trinajstić information content (AvgIpc) is 3.26. The van der Waals surface area contributed by atoms with Gasteiger partial charge in [0, 0.05) is 29.4 Å². The van der Waals surface area contributed by atoms with Gasteiger partial charge in [0.2, 0.25) is 0 Å². The van der Waals surface area contributed by atoms with Gasteiger partial charge >= 0.3 is 5.97 Å². The normalized spacial score (nSPS) is 19.6. The van der Waals surface area contributed by atoms with Gasteiger partial charge in [-0.05, 0) is 98.3 Å². The molecule has 1 unspecified atom stereocenters. The molecule has 0 amide bonds. The molecule has 0 aliphatic carbocycles. The maximum Gasteiger partial charge on any atom is 0.303 e. The molecule has 3 atom stereocenters. The van der Waals surface area contributed by atoms with E-state index in [0.717, 1.165) is 54.8 Å². The first-order valence-electron chi connectivity index (χ1n) is 12.2.